The van der Waals surface area contributed by atoms with Gasteiger partial charge in [0.25, 0.3) is 5.91 Å². The Kier molecular flexibility index (Phi) is 4.23. The highest BCUT2D eigenvalue weighted by Crippen LogP contribution is 2.42. The van der Waals surface area contributed by atoms with Gasteiger partial charge in [-0.25, -0.2) is 0 Å². The molecular formula is C20H19IN2O4. The lowest BCUT2D eigenvalue weighted by Crippen LogP contribution is -2.55. The summed E-state index contributed by atoms with van der Waals surface area (Å²) in [6.45, 7) is 1.59. The number of carbonyl (C=O) groups is 1. The molecule has 0 N–H and O–H groups in total. The molecule has 2 unspecified atom stereocenters. The Balaban J connectivity index is 1.63. The third kappa shape index (κ3) is 2.62. The number of nitrogens with zero attached hydrogens (tertiary/aromatic N) is 2. The third-order valence-corrected chi connectivity index (χ3v) is 6.68. The lowest BCUT2D eigenvalue weighted by molar-refractivity contribution is -0.109. The fourth-order valence-electron chi connectivity index (χ4n) is 4.36. The number of halogens is 1. The largest absolute Gasteiger partial charge is 0.483 e. The normalized spacial score (nSPS) is 23.1. The summed E-state index contributed by atoms with van der Waals surface area (Å²) in [6.07, 6.45) is 2.24. The molecule has 27 heavy (non-hydrogen) atoms. The molecular weight excluding hydrogens is 459 g/mol. The van der Waals surface area contributed by atoms with Crippen LogP contribution in [0.1, 0.15) is 40.6 Å². The van der Waals surface area contributed by atoms with Gasteiger partial charge >= 0.3 is 0 Å². The van der Waals surface area contributed by atoms with Crippen LogP contribution < -0.4 is 10.2 Å². The highest BCUT2D eigenvalue weighted by molar-refractivity contribution is 14.1. The van der Waals surface area contributed by atoms with Crippen LogP contribution in [0.5, 0.6) is 5.75 Å². The van der Waals surface area contributed by atoms with Crippen molar-refractivity contribution in [3.8, 4) is 5.75 Å². The standard InChI is InChI=1S/C20H19IN2O4/c21-15-13-7-8-14-20-22(9-4-10-26-20)19(25)16(23(13)14)18(17(15)24)27-11-12-5-2-1-3-6-12/h1-3,5-6,14,20H,4,7-11H2. The Morgan fingerprint density at radius 2 is 2.04 bits per heavy atom. The second-order valence-electron chi connectivity index (χ2n) is 7.13. The quantitative estimate of drug-likeness (QED) is 0.637. The maximum atomic E-state index is 13.3. The lowest BCUT2D eigenvalue weighted by atomic mass is 10.1. The van der Waals surface area contributed by atoms with E-state index in [2.05, 4.69) is 22.6 Å². The van der Waals surface area contributed by atoms with Crippen molar-refractivity contribution >= 4 is 28.5 Å². The number of aromatic nitrogens is 1. The molecule has 5 rings (SSSR count). The summed E-state index contributed by atoms with van der Waals surface area (Å²) in [5.74, 6) is 0.0172. The Morgan fingerprint density at radius 1 is 1.22 bits per heavy atom. The van der Waals surface area contributed by atoms with E-state index < -0.39 is 0 Å². The molecule has 0 spiro atoms. The van der Waals surface area contributed by atoms with Crippen molar-refractivity contribution in [3.05, 3.63) is 61.1 Å². The highest BCUT2D eigenvalue weighted by atomic mass is 127. The summed E-state index contributed by atoms with van der Waals surface area (Å²) >= 11 is 2.09. The predicted molar refractivity (Wildman–Crippen MR) is 107 cm³/mol. The van der Waals surface area contributed by atoms with Crippen LogP contribution >= 0.6 is 22.6 Å². The number of pyridine rings is 1. The van der Waals surface area contributed by atoms with E-state index in [9.17, 15) is 9.59 Å². The van der Waals surface area contributed by atoms with Gasteiger partial charge in [-0.1, -0.05) is 30.3 Å². The van der Waals surface area contributed by atoms with E-state index in [0.29, 0.717) is 22.4 Å². The van der Waals surface area contributed by atoms with Crippen LogP contribution in [0.25, 0.3) is 0 Å². The second-order valence-corrected chi connectivity index (χ2v) is 8.21. The first-order valence-corrected chi connectivity index (χ1v) is 10.3. The highest BCUT2D eigenvalue weighted by Gasteiger charge is 2.47. The van der Waals surface area contributed by atoms with Gasteiger partial charge in [0.2, 0.25) is 5.43 Å². The van der Waals surface area contributed by atoms with Crippen LogP contribution in [0, 0.1) is 3.57 Å². The number of hydrogen-bond acceptors (Lipinski definition) is 4. The van der Waals surface area contributed by atoms with E-state index in [1.165, 1.54) is 0 Å². The Labute approximate surface area is 170 Å². The molecule has 1 fully saturated rings. The van der Waals surface area contributed by atoms with E-state index in [0.717, 1.165) is 30.5 Å². The summed E-state index contributed by atoms with van der Waals surface area (Å²) < 4.78 is 14.6. The third-order valence-electron chi connectivity index (χ3n) is 5.57. The summed E-state index contributed by atoms with van der Waals surface area (Å²) in [5.41, 5.74) is 2.12. The molecule has 6 nitrogen and oxygen atoms in total. The van der Waals surface area contributed by atoms with Crippen molar-refractivity contribution in [1.82, 2.24) is 9.47 Å². The minimum absolute atomic E-state index is 0.0567. The summed E-state index contributed by atoms with van der Waals surface area (Å²) in [6, 6.07) is 9.74. The Morgan fingerprint density at radius 3 is 2.85 bits per heavy atom. The van der Waals surface area contributed by atoms with Gasteiger partial charge in [0.1, 0.15) is 6.61 Å². The number of amides is 1. The van der Waals surface area contributed by atoms with Crippen molar-refractivity contribution in [2.45, 2.75) is 38.1 Å². The van der Waals surface area contributed by atoms with Crippen molar-refractivity contribution in [2.24, 2.45) is 0 Å². The number of carbonyl (C=O) groups excluding carboxylic acids is 1. The van der Waals surface area contributed by atoms with Gasteiger partial charge in [0.15, 0.2) is 17.7 Å². The molecule has 2 aromatic rings. The molecule has 3 aliphatic rings. The molecule has 1 aromatic carbocycles. The molecule has 0 aliphatic carbocycles. The van der Waals surface area contributed by atoms with Crippen molar-refractivity contribution in [3.63, 3.8) is 0 Å². The topological polar surface area (TPSA) is 60.8 Å². The van der Waals surface area contributed by atoms with E-state index in [4.69, 9.17) is 9.47 Å². The van der Waals surface area contributed by atoms with Gasteiger partial charge in [0.05, 0.1) is 16.2 Å². The van der Waals surface area contributed by atoms with Gasteiger partial charge in [-0.3, -0.25) is 9.59 Å². The minimum Gasteiger partial charge on any atom is -0.483 e. The van der Waals surface area contributed by atoms with Crippen LogP contribution in [0.4, 0.5) is 0 Å². The summed E-state index contributed by atoms with van der Waals surface area (Å²) in [7, 11) is 0. The van der Waals surface area contributed by atoms with Crippen molar-refractivity contribution in [2.75, 3.05) is 13.2 Å². The molecule has 7 heteroatoms. The van der Waals surface area contributed by atoms with Crippen LogP contribution in [0.2, 0.25) is 0 Å². The fraction of sp³-hybridized carbons (Fsp3) is 0.400. The Bertz CT molecular complexity index is 972. The zero-order chi connectivity index (χ0) is 18.5. The first-order valence-electron chi connectivity index (χ1n) is 9.23. The van der Waals surface area contributed by atoms with Crippen molar-refractivity contribution < 1.29 is 14.3 Å². The minimum atomic E-state index is -0.236. The van der Waals surface area contributed by atoms with Crippen molar-refractivity contribution in [1.29, 1.82) is 0 Å². The van der Waals surface area contributed by atoms with Gasteiger partial charge < -0.3 is 18.9 Å². The first-order chi connectivity index (χ1) is 13.2. The van der Waals surface area contributed by atoms with E-state index in [1.54, 1.807) is 4.90 Å². The zero-order valence-corrected chi connectivity index (χ0v) is 16.8. The average molecular weight is 478 g/mol. The van der Waals surface area contributed by atoms with Crippen LogP contribution in [-0.4, -0.2) is 34.8 Å². The van der Waals surface area contributed by atoms with Crippen LogP contribution in [-0.2, 0) is 17.8 Å². The van der Waals surface area contributed by atoms with Gasteiger partial charge in [-0.2, -0.15) is 0 Å². The number of rotatable bonds is 3. The van der Waals surface area contributed by atoms with E-state index in [1.807, 2.05) is 34.9 Å². The zero-order valence-electron chi connectivity index (χ0n) is 14.7. The van der Waals surface area contributed by atoms with E-state index >= 15 is 0 Å². The molecule has 0 bridgehead atoms. The summed E-state index contributed by atoms with van der Waals surface area (Å²) in [4.78, 5) is 28.1. The number of fused-ring (bicyclic) bond motifs is 2. The molecule has 1 saturated heterocycles. The van der Waals surface area contributed by atoms with Gasteiger partial charge in [-0.05, 0) is 47.4 Å². The SMILES string of the molecule is O=C1c2c(OCc3ccccc3)c(=O)c(I)c3n2C(CC3)C2OCCCN12. The average Bonchev–Trinajstić information content (AvgIpc) is 3.15. The first kappa shape index (κ1) is 17.2. The molecule has 140 valence electrons. The van der Waals surface area contributed by atoms with Crippen LogP contribution in [0.3, 0.4) is 0 Å². The molecule has 0 saturated carbocycles. The smallest absolute Gasteiger partial charge is 0.276 e. The van der Waals surface area contributed by atoms with E-state index in [-0.39, 0.29) is 36.0 Å². The number of hydrogen-bond donors (Lipinski definition) is 0. The maximum absolute atomic E-state index is 13.3. The second kappa shape index (κ2) is 6.63. The Hall–Kier alpha value is -1.87. The van der Waals surface area contributed by atoms with Gasteiger partial charge in [-0.15, -0.1) is 0 Å². The predicted octanol–water partition coefficient (Wildman–Crippen LogP) is 2.72. The number of benzene rings is 1. The summed E-state index contributed by atoms with van der Waals surface area (Å²) in [5, 5.41) is 0. The van der Waals surface area contributed by atoms with Crippen LogP contribution in [0.15, 0.2) is 35.1 Å². The molecule has 4 heterocycles. The molecule has 0 radical (unpaired) electrons. The fourth-order valence-corrected chi connectivity index (χ4v) is 5.13. The number of ether oxygens (including phenoxy) is 2. The lowest BCUT2D eigenvalue weighted by Gasteiger charge is -2.44. The molecule has 2 atom stereocenters. The maximum Gasteiger partial charge on any atom is 0.276 e. The molecule has 1 amide bonds. The molecule has 3 aliphatic heterocycles. The molecule has 1 aromatic heterocycles. The van der Waals surface area contributed by atoms with Gasteiger partial charge in [0, 0.05) is 12.2 Å². The monoisotopic (exact) mass is 478 g/mol.